The minimum absolute atomic E-state index is 0.555. The highest BCUT2D eigenvalue weighted by Crippen LogP contribution is 2.32. The first-order chi connectivity index (χ1) is 15.7. The van der Waals surface area contributed by atoms with Gasteiger partial charge in [0.25, 0.3) is 0 Å². The maximum Gasteiger partial charge on any atom is 0.182 e. The fourth-order valence-corrected chi connectivity index (χ4v) is 4.03. The summed E-state index contributed by atoms with van der Waals surface area (Å²) in [5.41, 5.74) is 4.75. The summed E-state index contributed by atoms with van der Waals surface area (Å²) < 4.78 is 18.1. The predicted molar refractivity (Wildman–Crippen MR) is 122 cm³/mol. The van der Waals surface area contributed by atoms with Gasteiger partial charge in [0.05, 0.1) is 27.4 Å². The first-order valence-electron chi connectivity index (χ1n) is 10.6. The van der Waals surface area contributed by atoms with Gasteiger partial charge in [0, 0.05) is 49.2 Å². The van der Waals surface area contributed by atoms with Crippen molar-refractivity contribution in [1.82, 2.24) is 19.6 Å². The van der Waals surface area contributed by atoms with Gasteiger partial charge >= 0.3 is 0 Å². The van der Waals surface area contributed by atoms with Crippen molar-refractivity contribution < 1.29 is 14.2 Å². The van der Waals surface area contributed by atoms with Crippen LogP contribution in [0.1, 0.15) is 11.4 Å². The molecule has 0 unspecified atom stereocenters. The monoisotopic (exact) mass is 431 g/mol. The molecule has 32 heavy (non-hydrogen) atoms. The molecular formula is C24H25N5O3. The smallest absolute Gasteiger partial charge is 0.182 e. The molecule has 0 saturated carbocycles. The van der Waals surface area contributed by atoms with Crippen molar-refractivity contribution in [3.8, 4) is 22.8 Å². The zero-order valence-electron chi connectivity index (χ0n) is 18.2. The Morgan fingerprint density at radius 2 is 1.75 bits per heavy atom. The molecule has 4 aromatic rings. The molecule has 0 amide bonds. The average Bonchev–Trinajstić information content (AvgIpc) is 3.26. The first-order valence-corrected chi connectivity index (χ1v) is 10.6. The van der Waals surface area contributed by atoms with Gasteiger partial charge < -0.3 is 19.1 Å². The van der Waals surface area contributed by atoms with Gasteiger partial charge in [0.1, 0.15) is 17.2 Å². The molecule has 0 aliphatic carbocycles. The van der Waals surface area contributed by atoms with E-state index in [1.807, 2.05) is 30.5 Å². The Kier molecular flexibility index (Phi) is 5.60. The van der Waals surface area contributed by atoms with Crippen molar-refractivity contribution in [3.63, 3.8) is 0 Å². The van der Waals surface area contributed by atoms with Gasteiger partial charge in [-0.05, 0) is 23.8 Å². The average molecular weight is 431 g/mol. The van der Waals surface area contributed by atoms with Gasteiger partial charge in [-0.15, -0.1) is 0 Å². The third-order valence-corrected chi connectivity index (χ3v) is 5.58. The highest BCUT2D eigenvalue weighted by atomic mass is 16.5. The molecule has 1 aliphatic heterocycles. The molecule has 1 saturated heterocycles. The molecule has 5 rings (SSSR count). The summed E-state index contributed by atoms with van der Waals surface area (Å²) in [6, 6.07) is 14.1. The van der Waals surface area contributed by atoms with Crippen molar-refractivity contribution in [1.29, 1.82) is 0 Å². The van der Waals surface area contributed by atoms with E-state index in [1.165, 1.54) is 0 Å². The third-order valence-electron chi connectivity index (χ3n) is 5.58. The number of rotatable bonds is 6. The summed E-state index contributed by atoms with van der Waals surface area (Å²) in [6.07, 6.45) is 4.16. The minimum atomic E-state index is 0.555. The SMILES string of the molecule is COc1cc(Cc2nc3c(-c4ccccc4N4CCOCC4)nccn3n2)cc(OC)c1. The minimum Gasteiger partial charge on any atom is -0.497 e. The molecule has 0 N–H and O–H groups in total. The Bertz CT molecular complexity index is 1210. The molecule has 2 aromatic heterocycles. The van der Waals surface area contributed by atoms with Crippen molar-refractivity contribution in [2.75, 3.05) is 45.4 Å². The first kappa shape index (κ1) is 20.3. The lowest BCUT2D eigenvalue weighted by molar-refractivity contribution is 0.123. The Labute approximate surface area is 186 Å². The molecule has 2 aromatic carbocycles. The number of anilines is 1. The highest BCUT2D eigenvalue weighted by Gasteiger charge is 2.19. The van der Waals surface area contributed by atoms with E-state index in [1.54, 1.807) is 24.9 Å². The van der Waals surface area contributed by atoms with Crippen LogP contribution < -0.4 is 14.4 Å². The molecule has 0 radical (unpaired) electrons. The van der Waals surface area contributed by atoms with E-state index in [9.17, 15) is 0 Å². The van der Waals surface area contributed by atoms with Gasteiger partial charge in [0.2, 0.25) is 0 Å². The Morgan fingerprint density at radius 3 is 2.50 bits per heavy atom. The normalized spacial score (nSPS) is 14.0. The van der Waals surface area contributed by atoms with Gasteiger partial charge in [-0.2, -0.15) is 5.10 Å². The fraction of sp³-hybridized carbons (Fsp3) is 0.292. The molecule has 1 fully saturated rings. The summed E-state index contributed by atoms with van der Waals surface area (Å²) in [6.45, 7) is 3.17. The third kappa shape index (κ3) is 3.97. The standard InChI is InChI=1S/C24H25N5O3/c1-30-18-13-17(14-19(16-18)31-2)15-22-26-24-23(25-7-8-29(24)27-22)20-5-3-4-6-21(20)28-9-11-32-12-10-28/h3-8,13-14,16H,9-12,15H2,1-2H3. The van der Waals surface area contributed by atoms with Crippen LogP contribution in [0, 0.1) is 0 Å². The number of ether oxygens (including phenoxy) is 3. The van der Waals surface area contributed by atoms with Crippen molar-refractivity contribution in [2.45, 2.75) is 6.42 Å². The maximum atomic E-state index is 5.53. The van der Waals surface area contributed by atoms with Crippen LogP contribution >= 0.6 is 0 Å². The molecule has 164 valence electrons. The fourth-order valence-electron chi connectivity index (χ4n) is 4.03. The number of para-hydroxylation sites is 1. The van der Waals surface area contributed by atoms with E-state index >= 15 is 0 Å². The number of aromatic nitrogens is 4. The second-order valence-corrected chi connectivity index (χ2v) is 7.59. The molecule has 8 heteroatoms. The summed E-state index contributed by atoms with van der Waals surface area (Å²) in [5, 5.41) is 4.70. The molecule has 1 aliphatic rings. The number of hydrogen-bond acceptors (Lipinski definition) is 7. The maximum absolute atomic E-state index is 5.53. The van der Waals surface area contributed by atoms with Gasteiger partial charge in [0.15, 0.2) is 11.5 Å². The number of hydrogen-bond donors (Lipinski definition) is 0. The van der Waals surface area contributed by atoms with Gasteiger partial charge in [-0.3, -0.25) is 4.98 Å². The molecular weight excluding hydrogens is 406 g/mol. The second kappa shape index (κ2) is 8.84. The Morgan fingerprint density at radius 1 is 1.00 bits per heavy atom. The van der Waals surface area contributed by atoms with Crippen molar-refractivity contribution in [3.05, 3.63) is 66.2 Å². The van der Waals surface area contributed by atoms with Crippen LogP contribution in [0.15, 0.2) is 54.9 Å². The largest absolute Gasteiger partial charge is 0.497 e. The van der Waals surface area contributed by atoms with Crippen LogP contribution in [0.4, 0.5) is 5.69 Å². The van der Waals surface area contributed by atoms with Crippen molar-refractivity contribution in [2.24, 2.45) is 0 Å². The second-order valence-electron chi connectivity index (χ2n) is 7.59. The molecule has 0 spiro atoms. The molecule has 0 bridgehead atoms. The zero-order chi connectivity index (χ0) is 21.9. The van der Waals surface area contributed by atoms with Crippen LogP contribution in [0.3, 0.4) is 0 Å². The van der Waals surface area contributed by atoms with Crippen LogP contribution in [0.5, 0.6) is 11.5 Å². The summed E-state index contributed by atoms with van der Waals surface area (Å²) in [7, 11) is 3.29. The van der Waals surface area contributed by atoms with E-state index in [2.05, 4.69) is 28.1 Å². The van der Waals surface area contributed by atoms with E-state index in [0.29, 0.717) is 12.2 Å². The van der Waals surface area contributed by atoms with Crippen LogP contribution in [0.25, 0.3) is 16.9 Å². The van der Waals surface area contributed by atoms with E-state index in [4.69, 9.17) is 24.3 Å². The van der Waals surface area contributed by atoms with Crippen LogP contribution in [-0.2, 0) is 11.2 Å². The summed E-state index contributed by atoms with van der Waals surface area (Å²) in [4.78, 5) is 11.9. The lowest BCUT2D eigenvalue weighted by Gasteiger charge is -2.30. The number of nitrogens with zero attached hydrogens (tertiary/aromatic N) is 5. The lowest BCUT2D eigenvalue weighted by atomic mass is 10.1. The van der Waals surface area contributed by atoms with E-state index < -0.39 is 0 Å². The highest BCUT2D eigenvalue weighted by molar-refractivity contribution is 5.83. The quantitative estimate of drug-likeness (QED) is 0.464. The topological polar surface area (TPSA) is 74.0 Å². The number of benzene rings is 2. The summed E-state index contributed by atoms with van der Waals surface area (Å²) in [5.74, 6) is 2.19. The Hall–Kier alpha value is -3.65. The number of methoxy groups -OCH3 is 2. The summed E-state index contributed by atoms with van der Waals surface area (Å²) >= 11 is 0. The predicted octanol–water partition coefficient (Wildman–Crippen LogP) is 3.24. The molecule has 0 atom stereocenters. The Balaban J connectivity index is 1.53. The van der Waals surface area contributed by atoms with E-state index in [-0.39, 0.29) is 0 Å². The lowest BCUT2D eigenvalue weighted by Crippen LogP contribution is -2.36. The van der Waals surface area contributed by atoms with Gasteiger partial charge in [-0.25, -0.2) is 9.50 Å². The van der Waals surface area contributed by atoms with Crippen LogP contribution in [-0.4, -0.2) is 60.1 Å². The number of morpholine rings is 1. The molecule has 8 nitrogen and oxygen atoms in total. The molecule has 3 heterocycles. The van der Waals surface area contributed by atoms with Crippen LogP contribution in [0.2, 0.25) is 0 Å². The van der Waals surface area contributed by atoms with E-state index in [0.717, 1.165) is 66.0 Å². The van der Waals surface area contributed by atoms with Crippen molar-refractivity contribution >= 4 is 11.3 Å². The zero-order valence-corrected chi connectivity index (χ0v) is 18.2. The number of fused-ring (bicyclic) bond motifs is 1. The van der Waals surface area contributed by atoms with Gasteiger partial charge in [-0.1, -0.05) is 18.2 Å².